The summed E-state index contributed by atoms with van der Waals surface area (Å²) in [5.41, 5.74) is -0.862. The van der Waals surface area contributed by atoms with E-state index in [4.69, 9.17) is 0 Å². The second-order valence-electron chi connectivity index (χ2n) is 6.29. The molecule has 1 saturated carbocycles. The highest BCUT2D eigenvalue weighted by Crippen LogP contribution is 2.38. The van der Waals surface area contributed by atoms with Crippen LogP contribution in [0.1, 0.15) is 36.9 Å². The number of hydrogen-bond acceptors (Lipinski definition) is 4. The molecular formula is C16H18F2N4O2. The molecule has 1 fully saturated rings. The fourth-order valence-electron chi connectivity index (χ4n) is 2.45. The van der Waals surface area contributed by atoms with Crippen LogP contribution in [0.4, 0.5) is 8.78 Å². The lowest BCUT2D eigenvalue weighted by molar-refractivity contribution is -0.123. The van der Waals surface area contributed by atoms with Crippen molar-refractivity contribution in [2.24, 2.45) is 0 Å². The SMILES string of the molecule is CC(O)(CNC(=O)Cn1cc(C2CC2)nn1)c1ccc(F)cc1F. The van der Waals surface area contributed by atoms with E-state index >= 15 is 0 Å². The van der Waals surface area contributed by atoms with Crippen molar-refractivity contribution in [3.63, 3.8) is 0 Å². The van der Waals surface area contributed by atoms with Gasteiger partial charge in [-0.1, -0.05) is 11.3 Å². The standard InChI is InChI=1S/C16H18F2N4O2/c1-16(24,12-5-4-11(17)6-13(12)18)9-19-15(23)8-22-7-14(20-21-22)10-2-3-10/h4-7,10,24H,2-3,8-9H2,1H3,(H,19,23). The number of hydrogen-bond donors (Lipinski definition) is 2. The van der Waals surface area contributed by atoms with Crippen LogP contribution >= 0.6 is 0 Å². The number of aromatic nitrogens is 3. The van der Waals surface area contributed by atoms with E-state index < -0.39 is 17.2 Å². The van der Waals surface area contributed by atoms with Crippen LogP contribution in [0.2, 0.25) is 0 Å². The van der Waals surface area contributed by atoms with Crippen molar-refractivity contribution in [2.75, 3.05) is 6.54 Å². The molecule has 0 bridgehead atoms. The molecule has 1 unspecified atom stereocenters. The zero-order chi connectivity index (χ0) is 17.3. The highest BCUT2D eigenvalue weighted by Gasteiger charge is 2.28. The van der Waals surface area contributed by atoms with E-state index in [0.29, 0.717) is 12.0 Å². The monoisotopic (exact) mass is 336 g/mol. The zero-order valence-electron chi connectivity index (χ0n) is 13.2. The Morgan fingerprint density at radius 2 is 2.21 bits per heavy atom. The molecule has 2 aromatic rings. The van der Waals surface area contributed by atoms with Crippen molar-refractivity contribution in [1.29, 1.82) is 0 Å². The number of carbonyl (C=O) groups is 1. The maximum atomic E-state index is 13.8. The van der Waals surface area contributed by atoms with Gasteiger partial charge in [-0.3, -0.25) is 4.79 Å². The number of carbonyl (C=O) groups excluding carboxylic acids is 1. The first kappa shape index (κ1) is 16.5. The molecule has 128 valence electrons. The van der Waals surface area contributed by atoms with Crippen molar-refractivity contribution in [1.82, 2.24) is 20.3 Å². The van der Waals surface area contributed by atoms with Crippen LogP contribution in [0, 0.1) is 11.6 Å². The van der Waals surface area contributed by atoms with Gasteiger partial charge in [0.25, 0.3) is 0 Å². The lowest BCUT2D eigenvalue weighted by Crippen LogP contribution is -2.40. The van der Waals surface area contributed by atoms with Gasteiger partial charge < -0.3 is 10.4 Å². The summed E-state index contributed by atoms with van der Waals surface area (Å²) >= 11 is 0. The fourth-order valence-corrected chi connectivity index (χ4v) is 2.45. The number of aliphatic hydroxyl groups is 1. The quantitative estimate of drug-likeness (QED) is 0.837. The van der Waals surface area contributed by atoms with Crippen LogP contribution in [-0.4, -0.2) is 32.6 Å². The summed E-state index contributed by atoms with van der Waals surface area (Å²) in [6.07, 6.45) is 3.92. The third-order valence-corrected chi connectivity index (χ3v) is 4.00. The largest absolute Gasteiger partial charge is 0.383 e. The van der Waals surface area contributed by atoms with E-state index in [1.165, 1.54) is 11.6 Å². The Bertz CT molecular complexity index is 756. The van der Waals surface area contributed by atoms with Gasteiger partial charge in [-0.2, -0.15) is 0 Å². The molecule has 1 aliphatic rings. The van der Waals surface area contributed by atoms with Gasteiger partial charge in [0, 0.05) is 23.7 Å². The number of rotatable bonds is 6. The molecule has 0 saturated heterocycles. The minimum absolute atomic E-state index is 0.0400. The van der Waals surface area contributed by atoms with Gasteiger partial charge in [0.15, 0.2) is 0 Å². The van der Waals surface area contributed by atoms with Gasteiger partial charge >= 0.3 is 0 Å². The first-order valence-corrected chi connectivity index (χ1v) is 7.70. The molecule has 0 aliphatic heterocycles. The summed E-state index contributed by atoms with van der Waals surface area (Å²) < 4.78 is 28.1. The van der Waals surface area contributed by atoms with Crippen molar-refractivity contribution >= 4 is 5.91 Å². The summed E-state index contributed by atoms with van der Waals surface area (Å²) in [7, 11) is 0. The summed E-state index contributed by atoms with van der Waals surface area (Å²) in [5, 5.41) is 20.8. The molecule has 6 nitrogen and oxygen atoms in total. The van der Waals surface area contributed by atoms with E-state index in [2.05, 4.69) is 15.6 Å². The molecule has 24 heavy (non-hydrogen) atoms. The number of halogens is 2. The van der Waals surface area contributed by atoms with Crippen LogP contribution < -0.4 is 5.32 Å². The van der Waals surface area contributed by atoms with Gasteiger partial charge in [-0.15, -0.1) is 5.10 Å². The number of nitrogens with one attached hydrogen (secondary N) is 1. The van der Waals surface area contributed by atoms with Crippen LogP contribution in [0.15, 0.2) is 24.4 Å². The Labute approximate surface area is 137 Å². The van der Waals surface area contributed by atoms with E-state index in [-0.39, 0.29) is 24.6 Å². The minimum atomic E-state index is -1.66. The molecule has 3 rings (SSSR count). The van der Waals surface area contributed by atoms with Gasteiger partial charge in [0.1, 0.15) is 23.8 Å². The molecule has 0 spiro atoms. The predicted molar refractivity (Wildman–Crippen MR) is 80.9 cm³/mol. The summed E-state index contributed by atoms with van der Waals surface area (Å²) in [6, 6.07) is 2.92. The minimum Gasteiger partial charge on any atom is -0.383 e. The Morgan fingerprint density at radius 1 is 1.46 bits per heavy atom. The summed E-state index contributed by atoms with van der Waals surface area (Å²) in [4.78, 5) is 12.0. The van der Waals surface area contributed by atoms with E-state index in [0.717, 1.165) is 30.7 Å². The van der Waals surface area contributed by atoms with E-state index in [1.807, 2.05) is 0 Å². The Balaban J connectivity index is 1.57. The lowest BCUT2D eigenvalue weighted by Gasteiger charge is -2.24. The Morgan fingerprint density at radius 3 is 2.88 bits per heavy atom. The third-order valence-electron chi connectivity index (χ3n) is 4.00. The molecule has 1 heterocycles. The molecule has 1 aromatic heterocycles. The zero-order valence-corrected chi connectivity index (χ0v) is 13.2. The van der Waals surface area contributed by atoms with Gasteiger partial charge in [0.05, 0.1) is 12.2 Å². The predicted octanol–water partition coefficient (Wildman–Crippen LogP) is 1.46. The Kier molecular flexibility index (Phi) is 4.31. The van der Waals surface area contributed by atoms with Crippen LogP contribution in [-0.2, 0) is 16.9 Å². The van der Waals surface area contributed by atoms with E-state index in [1.54, 1.807) is 6.20 Å². The van der Waals surface area contributed by atoms with Gasteiger partial charge in [0.2, 0.25) is 5.91 Å². The lowest BCUT2D eigenvalue weighted by atomic mass is 9.95. The fraction of sp³-hybridized carbons (Fsp3) is 0.438. The highest BCUT2D eigenvalue weighted by atomic mass is 19.1. The highest BCUT2D eigenvalue weighted by molar-refractivity contribution is 5.75. The Hall–Kier alpha value is -2.35. The second-order valence-corrected chi connectivity index (χ2v) is 6.29. The average molecular weight is 336 g/mol. The van der Waals surface area contributed by atoms with Crippen molar-refractivity contribution in [2.45, 2.75) is 37.8 Å². The van der Waals surface area contributed by atoms with Crippen LogP contribution in [0.25, 0.3) is 0 Å². The van der Waals surface area contributed by atoms with Crippen LogP contribution in [0.5, 0.6) is 0 Å². The van der Waals surface area contributed by atoms with Crippen LogP contribution in [0.3, 0.4) is 0 Å². The van der Waals surface area contributed by atoms with Crippen molar-refractivity contribution in [3.8, 4) is 0 Å². The summed E-state index contributed by atoms with van der Waals surface area (Å²) in [6.45, 7) is 1.10. The third kappa shape index (κ3) is 3.76. The second kappa shape index (κ2) is 6.27. The molecule has 1 aromatic carbocycles. The van der Waals surface area contributed by atoms with Gasteiger partial charge in [-0.05, 0) is 25.8 Å². The number of amides is 1. The molecule has 2 N–H and O–H groups in total. The molecule has 1 amide bonds. The first-order chi connectivity index (χ1) is 11.3. The van der Waals surface area contributed by atoms with Crippen molar-refractivity contribution in [3.05, 3.63) is 47.3 Å². The maximum absolute atomic E-state index is 13.8. The molecule has 0 radical (unpaired) electrons. The van der Waals surface area contributed by atoms with E-state index in [9.17, 15) is 18.7 Å². The number of benzene rings is 1. The first-order valence-electron chi connectivity index (χ1n) is 7.70. The molecule has 8 heteroatoms. The topological polar surface area (TPSA) is 80.0 Å². The maximum Gasteiger partial charge on any atom is 0.241 e. The molecule has 1 atom stereocenters. The molecular weight excluding hydrogens is 318 g/mol. The molecule has 1 aliphatic carbocycles. The smallest absolute Gasteiger partial charge is 0.241 e. The summed E-state index contributed by atoms with van der Waals surface area (Å²) in [5.74, 6) is -1.53. The van der Waals surface area contributed by atoms with Gasteiger partial charge in [-0.25, -0.2) is 13.5 Å². The van der Waals surface area contributed by atoms with Crippen molar-refractivity contribution < 1.29 is 18.7 Å². The normalized spacial score (nSPS) is 16.7. The average Bonchev–Trinajstić information content (AvgIpc) is 3.25. The number of nitrogens with zero attached hydrogens (tertiary/aromatic N) is 3.